The molecule has 0 aromatic rings. The second kappa shape index (κ2) is 6.21. The van der Waals surface area contributed by atoms with E-state index < -0.39 is 18.0 Å². The lowest BCUT2D eigenvalue weighted by molar-refractivity contribution is -0.874. The molecule has 96 valence electrons. The first-order chi connectivity index (χ1) is 7.17. The van der Waals surface area contributed by atoms with E-state index in [1.165, 1.54) is 0 Å². The average Bonchev–Trinajstić information content (AvgIpc) is 2.09. The third kappa shape index (κ3) is 6.08. The van der Waals surface area contributed by atoms with Crippen molar-refractivity contribution in [2.75, 3.05) is 27.7 Å². The maximum Gasteiger partial charge on any atom is 0.111 e. The molecule has 0 saturated carbocycles. The topological polar surface area (TPSA) is 60.4 Å². The van der Waals surface area contributed by atoms with Crippen LogP contribution in [0.2, 0.25) is 0 Å². The summed E-state index contributed by atoms with van der Waals surface area (Å²) in [5.41, 5.74) is 0. The van der Waals surface area contributed by atoms with Crippen LogP contribution in [-0.4, -0.2) is 49.4 Å². The van der Waals surface area contributed by atoms with Crippen LogP contribution in [0.25, 0.3) is 0 Å². The van der Waals surface area contributed by atoms with Crippen molar-refractivity contribution in [2.45, 2.75) is 32.8 Å². The van der Waals surface area contributed by atoms with Crippen LogP contribution in [0.5, 0.6) is 0 Å². The summed E-state index contributed by atoms with van der Waals surface area (Å²) < 4.78 is 0.547. The monoisotopic (exact) mass is 231 g/mol. The largest absolute Gasteiger partial charge is 0.550 e. The molecule has 0 rings (SSSR count). The molecule has 0 spiro atoms. The quantitative estimate of drug-likeness (QED) is 0.620. The van der Waals surface area contributed by atoms with Crippen LogP contribution in [0.1, 0.15) is 26.7 Å². The first kappa shape index (κ1) is 15.4. The second-order valence-electron chi connectivity index (χ2n) is 5.71. The van der Waals surface area contributed by atoms with Crippen molar-refractivity contribution in [3.8, 4) is 0 Å². The summed E-state index contributed by atoms with van der Waals surface area (Å²) in [7, 11) is 5.79. The van der Waals surface area contributed by atoms with Gasteiger partial charge in [-0.25, -0.2) is 0 Å². The van der Waals surface area contributed by atoms with E-state index in [0.717, 1.165) is 6.42 Å². The molecule has 3 atom stereocenters. The van der Waals surface area contributed by atoms with Gasteiger partial charge >= 0.3 is 0 Å². The van der Waals surface area contributed by atoms with Gasteiger partial charge in [0, 0.05) is 11.9 Å². The molecule has 0 radical (unpaired) electrons. The van der Waals surface area contributed by atoms with Crippen molar-refractivity contribution in [2.24, 2.45) is 11.8 Å². The van der Waals surface area contributed by atoms with Crippen molar-refractivity contribution >= 4 is 5.97 Å². The van der Waals surface area contributed by atoms with Crippen LogP contribution in [0.15, 0.2) is 0 Å². The SMILES string of the molecule is CCC(C)CC(C(=O)[O-])C(O)C[N+](C)(C)C. The number of quaternary nitrogens is 1. The van der Waals surface area contributed by atoms with E-state index in [2.05, 4.69) is 0 Å². The van der Waals surface area contributed by atoms with E-state index >= 15 is 0 Å². The predicted octanol–water partition coefficient (Wildman–Crippen LogP) is -0.144. The fraction of sp³-hybridized carbons (Fsp3) is 0.917. The molecule has 0 amide bonds. The standard InChI is InChI=1S/C12H25NO3/c1-6-9(2)7-10(12(15)16)11(14)8-13(3,4)5/h9-11,14H,6-8H2,1-5H3. The zero-order valence-corrected chi connectivity index (χ0v) is 11.1. The molecule has 0 aromatic carbocycles. The van der Waals surface area contributed by atoms with Crippen LogP contribution >= 0.6 is 0 Å². The van der Waals surface area contributed by atoms with Gasteiger partial charge < -0.3 is 19.5 Å². The zero-order chi connectivity index (χ0) is 12.9. The summed E-state index contributed by atoms with van der Waals surface area (Å²) in [6.45, 7) is 4.44. The minimum atomic E-state index is -1.14. The van der Waals surface area contributed by atoms with Crippen LogP contribution in [0, 0.1) is 11.8 Å². The Morgan fingerprint density at radius 2 is 1.88 bits per heavy atom. The van der Waals surface area contributed by atoms with Crippen molar-refractivity contribution in [1.82, 2.24) is 0 Å². The molecular formula is C12H25NO3. The fourth-order valence-electron chi connectivity index (χ4n) is 1.70. The van der Waals surface area contributed by atoms with Gasteiger partial charge in [-0.3, -0.25) is 0 Å². The number of rotatable bonds is 7. The number of carboxylic acid groups (broad SMARTS) is 1. The summed E-state index contributed by atoms with van der Waals surface area (Å²) in [5.74, 6) is -1.60. The molecule has 0 aliphatic heterocycles. The number of carbonyl (C=O) groups excluding carboxylic acids is 1. The van der Waals surface area contributed by atoms with Gasteiger partial charge in [-0.15, -0.1) is 0 Å². The Hall–Kier alpha value is -0.610. The molecule has 0 saturated heterocycles. The highest BCUT2D eigenvalue weighted by molar-refractivity contribution is 5.68. The predicted molar refractivity (Wildman–Crippen MR) is 61.5 cm³/mol. The zero-order valence-electron chi connectivity index (χ0n) is 11.1. The number of carbonyl (C=O) groups is 1. The Kier molecular flexibility index (Phi) is 5.97. The Labute approximate surface area is 98.5 Å². The molecule has 0 heterocycles. The van der Waals surface area contributed by atoms with Crippen LogP contribution in [0.4, 0.5) is 0 Å². The number of carboxylic acids is 1. The summed E-state index contributed by atoms with van der Waals surface area (Å²) in [4.78, 5) is 11.0. The third-order valence-corrected chi connectivity index (χ3v) is 2.86. The fourth-order valence-corrected chi connectivity index (χ4v) is 1.70. The van der Waals surface area contributed by atoms with Gasteiger partial charge in [0.15, 0.2) is 0 Å². The highest BCUT2D eigenvalue weighted by atomic mass is 16.4. The van der Waals surface area contributed by atoms with Crippen LogP contribution in [-0.2, 0) is 4.79 Å². The first-order valence-corrected chi connectivity index (χ1v) is 5.86. The summed E-state index contributed by atoms with van der Waals surface area (Å²) in [5, 5.41) is 20.9. The molecule has 0 aliphatic carbocycles. The Morgan fingerprint density at radius 1 is 1.38 bits per heavy atom. The van der Waals surface area contributed by atoms with Crippen LogP contribution in [0.3, 0.4) is 0 Å². The van der Waals surface area contributed by atoms with Gasteiger partial charge in [-0.2, -0.15) is 0 Å². The number of hydrogen-bond acceptors (Lipinski definition) is 3. The molecule has 0 fully saturated rings. The minimum absolute atomic E-state index is 0.296. The van der Waals surface area contributed by atoms with Gasteiger partial charge in [-0.05, 0) is 12.3 Å². The van der Waals surface area contributed by atoms with E-state index in [4.69, 9.17) is 0 Å². The minimum Gasteiger partial charge on any atom is -0.550 e. The van der Waals surface area contributed by atoms with Crippen LogP contribution < -0.4 is 5.11 Å². The van der Waals surface area contributed by atoms with Gasteiger partial charge in [-0.1, -0.05) is 20.3 Å². The molecule has 4 nitrogen and oxygen atoms in total. The summed E-state index contributed by atoms with van der Waals surface area (Å²) in [6, 6.07) is 0. The van der Waals surface area contributed by atoms with Crippen molar-refractivity contribution in [3.63, 3.8) is 0 Å². The third-order valence-electron chi connectivity index (χ3n) is 2.86. The highest BCUT2D eigenvalue weighted by Gasteiger charge is 2.27. The molecule has 0 aliphatic rings. The number of nitrogens with zero attached hydrogens (tertiary/aromatic N) is 1. The molecular weight excluding hydrogens is 206 g/mol. The summed E-state index contributed by atoms with van der Waals surface area (Å²) in [6.07, 6.45) is 0.569. The van der Waals surface area contributed by atoms with Crippen molar-refractivity contribution in [3.05, 3.63) is 0 Å². The summed E-state index contributed by atoms with van der Waals surface area (Å²) >= 11 is 0. The van der Waals surface area contributed by atoms with Gasteiger partial charge in [0.2, 0.25) is 0 Å². The number of hydrogen-bond donors (Lipinski definition) is 1. The van der Waals surface area contributed by atoms with E-state index in [9.17, 15) is 15.0 Å². The number of aliphatic carboxylic acids is 1. The van der Waals surface area contributed by atoms with Gasteiger partial charge in [0.05, 0.1) is 21.1 Å². The van der Waals surface area contributed by atoms with Gasteiger partial charge in [0.25, 0.3) is 0 Å². The average molecular weight is 231 g/mol. The maximum absolute atomic E-state index is 11.0. The van der Waals surface area contributed by atoms with E-state index in [1.54, 1.807) is 0 Å². The lowest BCUT2D eigenvalue weighted by atomic mass is 9.89. The molecule has 0 bridgehead atoms. The Bertz CT molecular complexity index is 223. The van der Waals surface area contributed by atoms with Crippen molar-refractivity contribution < 1.29 is 19.5 Å². The lowest BCUT2D eigenvalue weighted by Crippen LogP contribution is -2.48. The van der Waals surface area contributed by atoms with Crippen molar-refractivity contribution in [1.29, 1.82) is 0 Å². The van der Waals surface area contributed by atoms with E-state index in [-0.39, 0.29) is 0 Å². The second-order valence-corrected chi connectivity index (χ2v) is 5.71. The number of aliphatic hydroxyl groups is 1. The normalized spacial score (nSPS) is 17.9. The highest BCUT2D eigenvalue weighted by Crippen LogP contribution is 2.19. The number of aliphatic hydroxyl groups excluding tert-OH is 1. The molecule has 4 heteroatoms. The molecule has 0 aromatic heterocycles. The first-order valence-electron chi connectivity index (χ1n) is 5.86. The Morgan fingerprint density at radius 3 is 2.19 bits per heavy atom. The maximum atomic E-state index is 11.0. The molecule has 3 unspecified atom stereocenters. The smallest absolute Gasteiger partial charge is 0.111 e. The Balaban J connectivity index is 4.47. The number of likely N-dealkylation sites (N-methyl/N-ethyl adjacent to an activating group) is 1. The van der Waals surface area contributed by atoms with E-state index in [0.29, 0.717) is 23.4 Å². The van der Waals surface area contributed by atoms with Gasteiger partial charge in [0.1, 0.15) is 12.6 Å². The molecule has 1 N–H and O–H groups in total. The van der Waals surface area contributed by atoms with E-state index in [1.807, 2.05) is 35.0 Å². The molecule has 16 heavy (non-hydrogen) atoms. The lowest BCUT2D eigenvalue weighted by Gasteiger charge is -2.32.